The Morgan fingerprint density at radius 2 is 1.86 bits per heavy atom. The van der Waals surface area contributed by atoms with Gasteiger partial charge in [0.15, 0.2) is 0 Å². The van der Waals surface area contributed by atoms with Gasteiger partial charge in [0, 0.05) is 12.7 Å². The van der Waals surface area contributed by atoms with Crippen LogP contribution in [0, 0.1) is 5.92 Å². The molecule has 1 aromatic rings. The summed E-state index contributed by atoms with van der Waals surface area (Å²) in [6, 6.07) is 6.96. The fraction of sp³-hybridized carbons (Fsp3) is 0.438. The number of rotatable bonds is 6. The van der Waals surface area contributed by atoms with Crippen LogP contribution in [0.5, 0.6) is 0 Å². The maximum Gasteiger partial charge on any atom is 0.429 e. The van der Waals surface area contributed by atoms with Crippen LogP contribution in [-0.2, 0) is 15.1 Å². The lowest BCUT2D eigenvalue weighted by Crippen LogP contribution is -2.50. The van der Waals surface area contributed by atoms with Gasteiger partial charge in [-0.2, -0.15) is 13.2 Å². The molecule has 5 heteroatoms. The van der Waals surface area contributed by atoms with Gasteiger partial charge in [-0.25, -0.2) is 0 Å². The Bertz CT molecular complexity index is 494. The second kappa shape index (κ2) is 6.89. The Morgan fingerprint density at radius 1 is 1.29 bits per heavy atom. The minimum Gasteiger partial charge on any atom is -0.358 e. The molecule has 0 fully saturated rings. The third kappa shape index (κ3) is 3.53. The van der Waals surface area contributed by atoms with Crippen LogP contribution in [-0.4, -0.2) is 19.1 Å². The van der Waals surface area contributed by atoms with Gasteiger partial charge in [0.1, 0.15) is 0 Å². The molecule has 0 aliphatic rings. The molecule has 0 N–H and O–H groups in total. The quantitative estimate of drug-likeness (QED) is 0.734. The molecule has 2 atom stereocenters. The van der Waals surface area contributed by atoms with Crippen molar-refractivity contribution in [3.05, 3.63) is 48.0 Å². The van der Waals surface area contributed by atoms with Crippen molar-refractivity contribution in [1.29, 1.82) is 0 Å². The maximum atomic E-state index is 13.5. The summed E-state index contributed by atoms with van der Waals surface area (Å²) in [5.41, 5.74) is -3.18. The van der Waals surface area contributed by atoms with Crippen molar-refractivity contribution in [2.75, 3.05) is 7.11 Å². The largest absolute Gasteiger partial charge is 0.429 e. The molecule has 2 nitrogen and oxygen atoms in total. The Morgan fingerprint density at radius 3 is 2.29 bits per heavy atom. The van der Waals surface area contributed by atoms with Crippen molar-refractivity contribution in [2.45, 2.75) is 32.0 Å². The molecule has 21 heavy (non-hydrogen) atoms. The zero-order valence-electron chi connectivity index (χ0n) is 12.3. The van der Waals surface area contributed by atoms with E-state index in [9.17, 15) is 18.0 Å². The molecule has 0 radical (unpaired) electrons. The van der Waals surface area contributed by atoms with Gasteiger partial charge in [0.05, 0.1) is 0 Å². The molecule has 1 aromatic carbocycles. The third-order valence-electron chi connectivity index (χ3n) is 3.45. The number of carbonyl (C=O) groups excluding carboxylic acids is 1. The average molecular weight is 300 g/mol. The summed E-state index contributed by atoms with van der Waals surface area (Å²) in [4.78, 5) is 12.2. The summed E-state index contributed by atoms with van der Waals surface area (Å²) in [5.74, 6) is -1.10. The van der Waals surface area contributed by atoms with Crippen LogP contribution in [0.1, 0.15) is 25.8 Å². The lowest BCUT2D eigenvalue weighted by atomic mass is 9.87. The van der Waals surface area contributed by atoms with E-state index < -0.39 is 17.6 Å². The monoisotopic (exact) mass is 300 g/mol. The highest BCUT2D eigenvalue weighted by Gasteiger charge is 2.61. The SMILES string of the molecule is CC[C@H](C)/C=C/C(=O)[C@](OC)(c1ccccc1)C(F)(F)F. The molecule has 0 spiro atoms. The molecular formula is C16H19F3O2. The first-order chi connectivity index (χ1) is 9.79. The first-order valence-electron chi connectivity index (χ1n) is 6.69. The number of hydrogen-bond acceptors (Lipinski definition) is 2. The zero-order valence-corrected chi connectivity index (χ0v) is 12.3. The zero-order chi connectivity index (χ0) is 16.1. The normalized spacial score (nSPS) is 16.7. The van der Waals surface area contributed by atoms with E-state index in [2.05, 4.69) is 0 Å². The lowest BCUT2D eigenvalue weighted by molar-refractivity contribution is -0.262. The molecule has 0 heterocycles. The Balaban J connectivity index is 3.33. The van der Waals surface area contributed by atoms with Gasteiger partial charge < -0.3 is 4.74 Å². The first kappa shape index (κ1) is 17.4. The van der Waals surface area contributed by atoms with Gasteiger partial charge in [0.2, 0.25) is 5.78 Å². The van der Waals surface area contributed by atoms with Crippen LogP contribution >= 0.6 is 0 Å². The number of benzene rings is 1. The number of ether oxygens (including phenoxy) is 1. The van der Waals surface area contributed by atoms with Crippen LogP contribution in [0.3, 0.4) is 0 Å². The molecule has 0 bridgehead atoms. The molecule has 0 aliphatic carbocycles. The van der Waals surface area contributed by atoms with Gasteiger partial charge in [-0.15, -0.1) is 0 Å². The van der Waals surface area contributed by atoms with Gasteiger partial charge in [-0.1, -0.05) is 56.7 Å². The van der Waals surface area contributed by atoms with Crippen LogP contribution in [0.4, 0.5) is 13.2 Å². The highest BCUT2D eigenvalue weighted by atomic mass is 19.4. The number of halogens is 3. The van der Waals surface area contributed by atoms with Crippen molar-refractivity contribution in [1.82, 2.24) is 0 Å². The van der Waals surface area contributed by atoms with E-state index in [1.54, 1.807) is 6.07 Å². The summed E-state index contributed by atoms with van der Waals surface area (Å²) in [5, 5.41) is 0. The smallest absolute Gasteiger partial charge is 0.358 e. The summed E-state index contributed by atoms with van der Waals surface area (Å²) in [7, 11) is 0.898. The van der Waals surface area contributed by atoms with E-state index in [1.807, 2.05) is 13.8 Å². The van der Waals surface area contributed by atoms with Crippen molar-refractivity contribution < 1.29 is 22.7 Å². The van der Waals surface area contributed by atoms with E-state index in [4.69, 9.17) is 4.74 Å². The molecule has 0 unspecified atom stereocenters. The van der Waals surface area contributed by atoms with Gasteiger partial charge >= 0.3 is 6.18 Å². The lowest BCUT2D eigenvalue weighted by Gasteiger charge is -2.32. The predicted octanol–water partition coefficient (Wildman–Crippen LogP) is 4.26. The predicted molar refractivity (Wildman–Crippen MR) is 74.8 cm³/mol. The second-order valence-electron chi connectivity index (χ2n) is 4.86. The molecule has 0 amide bonds. The number of alkyl halides is 3. The highest BCUT2D eigenvalue weighted by Crippen LogP contribution is 2.43. The van der Waals surface area contributed by atoms with Crippen molar-refractivity contribution in [2.24, 2.45) is 5.92 Å². The average Bonchev–Trinajstić information content (AvgIpc) is 2.45. The molecular weight excluding hydrogens is 281 g/mol. The number of carbonyl (C=O) groups is 1. The first-order valence-corrected chi connectivity index (χ1v) is 6.69. The number of allylic oxidation sites excluding steroid dienone is 1. The Kier molecular flexibility index (Phi) is 5.72. The standard InChI is InChI=1S/C16H19F3O2/c1-4-12(2)10-11-14(20)15(21-3,16(17,18)19)13-8-6-5-7-9-13/h5-12H,4H2,1-3H3/b11-10+/t12-,15+/m0/s1. The van der Waals surface area contributed by atoms with E-state index >= 15 is 0 Å². The maximum absolute atomic E-state index is 13.5. The van der Waals surface area contributed by atoms with Gasteiger partial charge in [-0.3, -0.25) is 4.79 Å². The van der Waals surface area contributed by atoms with Gasteiger partial charge in [0.25, 0.3) is 5.60 Å². The van der Waals surface area contributed by atoms with Crippen LogP contribution in [0.15, 0.2) is 42.5 Å². The van der Waals surface area contributed by atoms with Crippen LogP contribution < -0.4 is 0 Å². The van der Waals surface area contributed by atoms with E-state index in [-0.39, 0.29) is 11.5 Å². The summed E-state index contributed by atoms with van der Waals surface area (Å²) >= 11 is 0. The minimum absolute atomic E-state index is 0.0208. The van der Waals surface area contributed by atoms with Crippen molar-refractivity contribution in [3.8, 4) is 0 Å². The molecule has 0 saturated carbocycles. The van der Waals surface area contributed by atoms with Crippen LogP contribution in [0.2, 0.25) is 0 Å². The van der Waals surface area contributed by atoms with E-state index in [1.165, 1.54) is 30.3 Å². The number of methoxy groups -OCH3 is 1. The Hall–Kier alpha value is -1.62. The number of ketones is 1. The minimum atomic E-state index is -4.85. The number of hydrogen-bond donors (Lipinski definition) is 0. The van der Waals surface area contributed by atoms with Crippen LogP contribution in [0.25, 0.3) is 0 Å². The second-order valence-corrected chi connectivity index (χ2v) is 4.86. The third-order valence-corrected chi connectivity index (χ3v) is 3.45. The van der Waals surface area contributed by atoms with E-state index in [0.29, 0.717) is 0 Å². The Labute approximate surface area is 122 Å². The fourth-order valence-corrected chi connectivity index (χ4v) is 1.96. The highest BCUT2D eigenvalue weighted by molar-refractivity contribution is 5.98. The van der Waals surface area contributed by atoms with E-state index in [0.717, 1.165) is 19.6 Å². The summed E-state index contributed by atoms with van der Waals surface area (Å²) < 4.78 is 45.3. The van der Waals surface area contributed by atoms with Gasteiger partial charge in [-0.05, 0) is 12.0 Å². The summed E-state index contributed by atoms with van der Waals surface area (Å²) in [6.45, 7) is 3.72. The molecule has 0 saturated heterocycles. The molecule has 0 aromatic heterocycles. The molecule has 116 valence electrons. The molecule has 1 rings (SSSR count). The fourth-order valence-electron chi connectivity index (χ4n) is 1.96. The van der Waals surface area contributed by atoms with Crippen molar-refractivity contribution >= 4 is 5.78 Å². The summed E-state index contributed by atoms with van der Waals surface area (Å²) in [6.07, 6.45) is -1.66. The van der Waals surface area contributed by atoms with Crippen molar-refractivity contribution in [3.63, 3.8) is 0 Å². The molecule has 0 aliphatic heterocycles. The topological polar surface area (TPSA) is 26.3 Å².